The molecule has 3 heteroatoms. The van der Waals surface area contributed by atoms with E-state index in [1.807, 2.05) is 25.1 Å². The molecule has 0 saturated heterocycles. The van der Waals surface area contributed by atoms with Crippen molar-refractivity contribution >= 4 is 37.9 Å². The summed E-state index contributed by atoms with van der Waals surface area (Å²) in [6.07, 6.45) is 5.61. The van der Waals surface area contributed by atoms with Gasteiger partial charge >= 0.3 is 0 Å². The fourth-order valence-corrected chi connectivity index (χ4v) is 1.13. The van der Waals surface area contributed by atoms with Gasteiger partial charge in [0.1, 0.15) is 5.76 Å². The van der Waals surface area contributed by atoms with E-state index in [4.69, 9.17) is 4.42 Å². The molecule has 1 heterocycles. The Hall–Kier alpha value is -0.0200. The number of alkyl halides is 1. The van der Waals surface area contributed by atoms with Crippen molar-refractivity contribution in [2.75, 3.05) is 0 Å². The van der Waals surface area contributed by atoms with E-state index in [1.165, 1.54) is 0 Å². The van der Waals surface area contributed by atoms with Crippen LogP contribution >= 0.6 is 31.9 Å². The van der Waals surface area contributed by atoms with Crippen LogP contribution in [0.25, 0.3) is 6.08 Å². The normalized spacial score (nSPS) is 14.1. The number of hydrogen-bond donors (Lipinski definition) is 0. The van der Waals surface area contributed by atoms with Gasteiger partial charge in [0.25, 0.3) is 0 Å². The van der Waals surface area contributed by atoms with Gasteiger partial charge in [-0.25, -0.2) is 0 Å². The zero-order valence-corrected chi connectivity index (χ0v) is 9.22. The number of allylic oxidation sites excluding steroid dienone is 1. The van der Waals surface area contributed by atoms with Crippen LogP contribution in [-0.4, -0.2) is 4.83 Å². The van der Waals surface area contributed by atoms with Crippen LogP contribution in [0.3, 0.4) is 0 Å². The summed E-state index contributed by atoms with van der Waals surface area (Å²) < 4.78 is 6.15. The number of hydrogen-bond acceptors (Lipinski definition) is 1. The molecule has 0 aliphatic heterocycles. The molecule has 1 atom stereocenters. The molecule has 0 aromatic carbocycles. The largest absolute Gasteiger partial charge is 0.464 e. The summed E-state index contributed by atoms with van der Waals surface area (Å²) in [5, 5.41) is 0. The van der Waals surface area contributed by atoms with Gasteiger partial charge < -0.3 is 4.42 Å². The molecule has 0 spiro atoms. The highest BCUT2D eigenvalue weighted by Crippen LogP contribution is 2.19. The smallest absolute Gasteiger partial charge is 0.140 e. The van der Waals surface area contributed by atoms with E-state index in [2.05, 4.69) is 31.9 Å². The lowest BCUT2D eigenvalue weighted by Gasteiger charge is -1.90. The number of furan rings is 1. The van der Waals surface area contributed by atoms with Gasteiger partial charge in [-0.3, -0.25) is 0 Å². The average molecular weight is 280 g/mol. The van der Waals surface area contributed by atoms with Gasteiger partial charge in [0.2, 0.25) is 0 Å². The first-order chi connectivity index (χ1) is 5.20. The summed E-state index contributed by atoms with van der Waals surface area (Å²) in [4.78, 5) is 0.375. The highest BCUT2D eigenvalue weighted by molar-refractivity contribution is 9.10. The summed E-state index contributed by atoms with van der Waals surface area (Å²) >= 11 is 6.76. The van der Waals surface area contributed by atoms with Crippen molar-refractivity contribution < 1.29 is 4.42 Å². The third-order valence-electron chi connectivity index (χ3n) is 1.16. The zero-order valence-electron chi connectivity index (χ0n) is 6.05. The third-order valence-corrected chi connectivity index (χ3v) is 2.12. The summed E-state index contributed by atoms with van der Waals surface area (Å²) in [7, 11) is 0. The van der Waals surface area contributed by atoms with Crippen molar-refractivity contribution in [1.82, 2.24) is 0 Å². The second-order valence-electron chi connectivity index (χ2n) is 2.17. The van der Waals surface area contributed by atoms with Crippen LogP contribution in [-0.2, 0) is 0 Å². The molecule has 0 radical (unpaired) electrons. The molecule has 1 rings (SSSR count). The van der Waals surface area contributed by atoms with E-state index < -0.39 is 0 Å². The van der Waals surface area contributed by atoms with E-state index in [0.29, 0.717) is 4.83 Å². The second kappa shape index (κ2) is 4.12. The molecule has 0 aliphatic rings. The minimum Gasteiger partial charge on any atom is -0.464 e. The summed E-state index contributed by atoms with van der Waals surface area (Å²) in [6.45, 7) is 2.05. The molecule has 0 bridgehead atoms. The standard InChI is InChI=1S/C8H8Br2O/c1-6(9)2-3-8-7(10)4-5-11-8/h2-6H,1H3/b3-2+. The topological polar surface area (TPSA) is 13.1 Å². The minimum atomic E-state index is 0.375. The SMILES string of the molecule is CC(Br)/C=C/c1occc1Br. The lowest BCUT2D eigenvalue weighted by atomic mass is 10.3. The van der Waals surface area contributed by atoms with Gasteiger partial charge in [0, 0.05) is 4.83 Å². The Morgan fingerprint density at radius 1 is 1.64 bits per heavy atom. The molecule has 60 valence electrons. The Labute approximate surface area is 82.7 Å². The van der Waals surface area contributed by atoms with Crippen molar-refractivity contribution in [1.29, 1.82) is 0 Å². The van der Waals surface area contributed by atoms with Crippen LogP contribution < -0.4 is 0 Å². The summed E-state index contributed by atoms with van der Waals surface area (Å²) in [6, 6.07) is 1.87. The molecule has 1 aromatic heterocycles. The van der Waals surface area contributed by atoms with E-state index in [1.54, 1.807) is 6.26 Å². The van der Waals surface area contributed by atoms with Crippen LogP contribution in [0.1, 0.15) is 12.7 Å². The first kappa shape index (κ1) is 9.07. The second-order valence-corrected chi connectivity index (χ2v) is 4.47. The van der Waals surface area contributed by atoms with E-state index in [0.717, 1.165) is 10.2 Å². The van der Waals surface area contributed by atoms with Crippen molar-refractivity contribution in [3.05, 3.63) is 28.6 Å². The quantitative estimate of drug-likeness (QED) is 0.750. The minimum absolute atomic E-state index is 0.375. The molecule has 11 heavy (non-hydrogen) atoms. The van der Waals surface area contributed by atoms with E-state index >= 15 is 0 Å². The van der Waals surface area contributed by atoms with Gasteiger partial charge in [-0.1, -0.05) is 22.0 Å². The van der Waals surface area contributed by atoms with Gasteiger partial charge in [-0.15, -0.1) is 0 Å². The molecule has 0 fully saturated rings. The highest BCUT2D eigenvalue weighted by atomic mass is 79.9. The maximum Gasteiger partial charge on any atom is 0.140 e. The Balaban J connectivity index is 2.71. The molecule has 0 saturated carbocycles. The monoisotopic (exact) mass is 278 g/mol. The molecular weight excluding hydrogens is 272 g/mol. The van der Waals surface area contributed by atoms with Crippen molar-refractivity contribution in [2.24, 2.45) is 0 Å². The molecule has 1 aromatic rings. The van der Waals surface area contributed by atoms with Crippen LogP contribution in [0, 0.1) is 0 Å². The molecular formula is C8H8Br2O. The Kier molecular flexibility index (Phi) is 3.40. The fourth-order valence-electron chi connectivity index (χ4n) is 0.644. The van der Waals surface area contributed by atoms with Gasteiger partial charge in [-0.05, 0) is 35.0 Å². The Bertz CT molecular complexity index is 250. The number of rotatable bonds is 2. The van der Waals surface area contributed by atoms with Gasteiger partial charge in [0.15, 0.2) is 0 Å². The highest BCUT2D eigenvalue weighted by Gasteiger charge is 1.97. The van der Waals surface area contributed by atoms with Crippen LogP contribution in [0.15, 0.2) is 27.3 Å². The van der Waals surface area contributed by atoms with Crippen LogP contribution in [0.5, 0.6) is 0 Å². The van der Waals surface area contributed by atoms with Crippen molar-refractivity contribution in [3.8, 4) is 0 Å². The third kappa shape index (κ3) is 2.83. The summed E-state index contributed by atoms with van der Waals surface area (Å²) in [5.74, 6) is 0.858. The van der Waals surface area contributed by atoms with Crippen molar-refractivity contribution in [2.45, 2.75) is 11.8 Å². The van der Waals surface area contributed by atoms with Crippen molar-refractivity contribution in [3.63, 3.8) is 0 Å². The van der Waals surface area contributed by atoms with Gasteiger partial charge in [0.05, 0.1) is 10.7 Å². The number of halogens is 2. The Morgan fingerprint density at radius 3 is 2.82 bits per heavy atom. The van der Waals surface area contributed by atoms with E-state index in [9.17, 15) is 0 Å². The predicted molar refractivity (Wildman–Crippen MR) is 53.8 cm³/mol. The van der Waals surface area contributed by atoms with Crippen LogP contribution in [0.4, 0.5) is 0 Å². The average Bonchev–Trinajstić information content (AvgIpc) is 2.31. The molecule has 0 amide bonds. The molecule has 1 nitrogen and oxygen atoms in total. The lowest BCUT2D eigenvalue weighted by molar-refractivity contribution is 0.555. The Morgan fingerprint density at radius 2 is 2.36 bits per heavy atom. The lowest BCUT2D eigenvalue weighted by Crippen LogP contribution is -1.78. The zero-order chi connectivity index (χ0) is 8.27. The van der Waals surface area contributed by atoms with Crippen LogP contribution in [0.2, 0.25) is 0 Å². The molecule has 1 unspecified atom stereocenters. The first-order valence-corrected chi connectivity index (χ1v) is 4.96. The molecule has 0 N–H and O–H groups in total. The predicted octanol–water partition coefficient (Wildman–Crippen LogP) is 3.84. The molecule has 0 aliphatic carbocycles. The first-order valence-electron chi connectivity index (χ1n) is 3.25. The van der Waals surface area contributed by atoms with Gasteiger partial charge in [-0.2, -0.15) is 0 Å². The summed E-state index contributed by atoms with van der Waals surface area (Å²) in [5.41, 5.74) is 0. The fraction of sp³-hybridized carbons (Fsp3) is 0.250. The maximum atomic E-state index is 5.16. The van der Waals surface area contributed by atoms with E-state index in [-0.39, 0.29) is 0 Å². The maximum absolute atomic E-state index is 5.16.